The van der Waals surface area contributed by atoms with Crippen LogP contribution in [0, 0.1) is 5.82 Å². The van der Waals surface area contributed by atoms with E-state index in [0.717, 1.165) is 5.56 Å². The number of hydrogen-bond acceptors (Lipinski definition) is 3. The number of carbonyl (C=O) groups excluding carboxylic acids is 1. The number of carbonyl (C=O) groups is 1. The third-order valence-electron chi connectivity index (χ3n) is 3.45. The fourth-order valence-electron chi connectivity index (χ4n) is 2.21. The normalized spacial score (nSPS) is 11.5. The van der Waals surface area contributed by atoms with E-state index in [4.69, 9.17) is 0 Å². The first-order valence-corrected chi connectivity index (χ1v) is 9.41. The summed E-state index contributed by atoms with van der Waals surface area (Å²) in [6.45, 7) is 3.83. The van der Waals surface area contributed by atoms with Crippen LogP contribution >= 0.6 is 0 Å². The average Bonchev–Trinajstić information content (AvgIpc) is 2.56. The van der Waals surface area contributed by atoms with Crippen molar-refractivity contribution in [2.24, 2.45) is 0 Å². The molecule has 0 aliphatic carbocycles. The molecule has 0 unspecified atom stereocenters. The highest BCUT2D eigenvalue weighted by molar-refractivity contribution is 7.89. The molecule has 0 atom stereocenters. The molecule has 134 valence electrons. The Kier molecular flexibility index (Phi) is 6.27. The molecule has 2 aromatic rings. The molecule has 2 N–H and O–H groups in total. The van der Waals surface area contributed by atoms with Crippen LogP contribution in [0.4, 0.5) is 4.39 Å². The van der Waals surface area contributed by atoms with Crippen LogP contribution in [0.3, 0.4) is 0 Å². The molecular formula is C18H21FN2O3S. The second-order valence-corrected chi connectivity index (χ2v) is 7.70. The smallest absolute Gasteiger partial charge is 0.251 e. The Labute approximate surface area is 147 Å². The molecule has 0 aliphatic rings. The van der Waals surface area contributed by atoms with E-state index in [1.165, 1.54) is 30.3 Å². The van der Waals surface area contributed by atoms with Gasteiger partial charge in [0, 0.05) is 18.2 Å². The molecule has 25 heavy (non-hydrogen) atoms. The van der Waals surface area contributed by atoms with Crippen LogP contribution in [0.15, 0.2) is 53.4 Å². The van der Waals surface area contributed by atoms with E-state index < -0.39 is 10.0 Å². The highest BCUT2D eigenvalue weighted by atomic mass is 32.2. The Morgan fingerprint density at radius 3 is 2.44 bits per heavy atom. The zero-order chi connectivity index (χ0) is 18.4. The number of hydrogen-bond donors (Lipinski definition) is 2. The number of halogens is 1. The summed E-state index contributed by atoms with van der Waals surface area (Å²) in [5.41, 5.74) is 1.12. The van der Waals surface area contributed by atoms with Crippen LogP contribution in [0.1, 0.15) is 29.8 Å². The van der Waals surface area contributed by atoms with Crippen LogP contribution in [-0.4, -0.2) is 26.9 Å². The standard InChI is InChI=1S/C18H21FN2O3S/c1-13(2)21-18(22)15-4-3-5-17(12-15)25(23,24)20-11-10-14-6-8-16(19)9-7-14/h3-9,12-13,20H,10-11H2,1-2H3,(H,21,22). The van der Waals surface area contributed by atoms with Gasteiger partial charge in [-0.15, -0.1) is 0 Å². The van der Waals surface area contributed by atoms with Crippen LogP contribution in [0.25, 0.3) is 0 Å². The number of rotatable bonds is 7. The lowest BCUT2D eigenvalue weighted by Gasteiger charge is -2.10. The molecule has 7 heteroatoms. The van der Waals surface area contributed by atoms with Gasteiger partial charge in [-0.2, -0.15) is 0 Å². The number of benzene rings is 2. The zero-order valence-corrected chi connectivity index (χ0v) is 14.9. The Morgan fingerprint density at radius 2 is 1.80 bits per heavy atom. The van der Waals surface area contributed by atoms with Crippen LogP contribution < -0.4 is 10.0 Å². The molecule has 5 nitrogen and oxygen atoms in total. The summed E-state index contributed by atoms with van der Waals surface area (Å²) in [4.78, 5) is 12.0. The maximum absolute atomic E-state index is 12.9. The lowest BCUT2D eigenvalue weighted by Crippen LogP contribution is -2.30. The Morgan fingerprint density at radius 1 is 1.12 bits per heavy atom. The Balaban J connectivity index is 2.03. The van der Waals surface area contributed by atoms with Crippen molar-refractivity contribution in [2.45, 2.75) is 31.2 Å². The molecule has 0 saturated carbocycles. The summed E-state index contributed by atoms with van der Waals surface area (Å²) in [5.74, 6) is -0.654. The fraction of sp³-hybridized carbons (Fsp3) is 0.278. The van der Waals surface area contributed by atoms with Crippen LogP contribution in [0.2, 0.25) is 0 Å². The average molecular weight is 364 g/mol. The quantitative estimate of drug-likeness (QED) is 0.793. The highest BCUT2D eigenvalue weighted by Gasteiger charge is 2.16. The van der Waals surface area contributed by atoms with Gasteiger partial charge in [0.15, 0.2) is 0 Å². The highest BCUT2D eigenvalue weighted by Crippen LogP contribution is 2.12. The summed E-state index contributed by atoms with van der Waals surface area (Å²) >= 11 is 0. The van der Waals surface area contributed by atoms with Gasteiger partial charge in [0.25, 0.3) is 5.91 Å². The maximum atomic E-state index is 12.9. The van der Waals surface area contributed by atoms with Gasteiger partial charge >= 0.3 is 0 Å². The molecule has 0 spiro atoms. The minimum absolute atomic E-state index is 0.0306. The third kappa shape index (κ3) is 5.65. The first kappa shape index (κ1) is 19.1. The molecule has 0 aromatic heterocycles. The van der Waals surface area contributed by atoms with E-state index in [1.807, 2.05) is 13.8 Å². The Bertz CT molecular complexity index is 834. The molecule has 2 rings (SSSR count). The van der Waals surface area contributed by atoms with Crippen molar-refractivity contribution >= 4 is 15.9 Å². The fourth-order valence-corrected chi connectivity index (χ4v) is 3.29. The van der Waals surface area contributed by atoms with Gasteiger partial charge in [0.05, 0.1) is 4.90 Å². The van der Waals surface area contributed by atoms with Gasteiger partial charge in [-0.1, -0.05) is 18.2 Å². The van der Waals surface area contributed by atoms with Gasteiger partial charge in [0.2, 0.25) is 10.0 Å². The lowest BCUT2D eigenvalue weighted by atomic mass is 10.1. The first-order chi connectivity index (χ1) is 11.8. The van der Waals surface area contributed by atoms with Gasteiger partial charge in [0.1, 0.15) is 5.82 Å². The molecule has 0 fully saturated rings. The van der Waals surface area contributed by atoms with Crippen molar-refractivity contribution in [3.8, 4) is 0 Å². The van der Waals surface area contributed by atoms with Gasteiger partial charge in [-0.25, -0.2) is 17.5 Å². The van der Waals surface area contributed by atoms with Crippen molar-refractivity contribution < 1.29 is 17.6 Å². The van der Waals surface area contributed by atoms with Gasteiger partial charge < -0.3 is 5.32 Å². The molecule has 0 heterocycles. The lowest BCUT2D eigenvalue weighted by molar-refractivity contribution is 0.0943. The largest absolute Gasteiger partial charge is 0.350 e. The van der Waals surface area contributed by atoms with E-state index in [9.17, 15) is 17.6 Å². The predicted octanol–water partition coefficient (Wildman–Crippen LogP) is 2.48. The number of sulfonamides is 1. The first-order valence-electron chi connectivity index (χ1n) is 7.93. The van der Waals surface area contributed by atoms with Crippen molar-refractivity contribution in [3.05, 3.63) is 65.5 Å². The molecule has 0 saturated heterocycles. The van der Waals surface area contributed by atoms with E-state index in [-0.39, 0.29) is 34.8 Å². The van der Waals surface area contributed by atoms with Gasteiger partial charge in [-0.05, 0) is 56.2 Å². The van der Waals surface area contributed by atoms with Crippen LogP contribution in [-0.2, 0) is 16.4 Å². The van der Waals surface area contributed by atoms with E-state index in [0.29, 0.717) is 6.42 Å². The van der Waals surface area contributed by atoms with Gasteiger partial charge in [-0.3, -0.25) is 4.79 Å². The summed E-state index contributed by atoms with van der Waals surface area (Å²) in [5, 5.41) is 2.72. The minimum Gasteiger partial charge on any atom is -0.350 e. The number of nitrogens with one attached hydrogen (secondary N) is 2. The molecular weight excluding hydrogens is 343 g/mol. The number of amides is 1. The maximum Gasteiger partial charge on any atom is 0.251 e. The summed E-state index contributed by atoms with van der Waals surface area (Å²) in [7, 11) is -3.73. The SMILES string of the molecule is CC(C)NC(=O)c1cccc(S(=O)(=O)NCCc2ccc(F)cc2)c1. The summed E-state index contributed by atoms with van der Waals surface area (Å²) in [6.07, 6.45) is 0.438. The summed E-state index contributed by atoms with van der Waals surface area (Å²) in [6, 6.07) is 11.7. The molecule has 0 aliphatic heterocycles. The second-order valence-electron chi connectivity index (χ2n) is 5.93. The van der Waals surface area contributed by atoms with Crippen molar-refractivity contribution in [1.29, 1.82) is 0 Å². The second kappa shape index (κ2) is 8.22. The Hall–Kier alpha value is -2.25. The van der Waals surface area contributed by atoms with Crippen molar-refractivity contribution in [1.82, 2.24) is 10.0 Å². The molecule has 2 aromatic carbocycles. The van der Waals surface area contributed by atoms with Crippen molar-refractivity contribution in [3.63, 3.8) is 0 Å². The van der Waals surface area contributed by atoms with E-state index in [1.54, 1.807) is 18.2 Å². The topological polar surface area (TPSA) is 75.3 Å². The molecule has 1 amide bonds. The van der Waals surface area contributed by atoms with Crippen molar-refractivity contribution in [2.75, 3.05) is 6.54 Å². The molecule has 0 bridgehead atoms. The minimum atomic E-state index is -3.73. The predicted molar refractivity (Wildman–Crippen MR) is 94.3 cm³/mol. The summed E-state index contributed by atoms with van der Waals surface area (Å²) < 4.78 is 40.1. The van der Waals surface area contributed by atoms with E-state index >= 15 is 0 Å². The monoisotopic (exact) mass is 364 g/mol. The third-order valence-corrected chi connectivity index (χ3v) is 4.90. The van der Waals surface area contributed by atoms with Crippen LogP contribution in [0.5, 0.6) is 0 Å². The van der Waals surface area contributed by atoms with E-state index in [2.05, 4.69) is 10.0 Å². The zero-order valence-electron chi connectivity index (χ0n) is 14.1. The molecule has 0 radical (unpaired) electrons.